The van der Waals surface area contributed by atoms with Crippen molar-refractivity contribution in [3.8, 4) is 0 Å². The fraction of sp³-hybridized carbons (Fsp3) is 0. The zero-order chi connectivity index (χ0) is 4.12. The van der Waals surface area contributed by atoms with E-state index in [1.54, 1.807) is 0 Å². The second-order valence-corrected chi connectivity index (χ2v) is 0.794. The van der Waals surface area contributed by atoms with Gasteiger partial charge < -0.3 is 9.42 Å². The van der Waals surface area contributed by atoms with Gasteiger partial charge in [-0.25, -0.2) is 0 Å². The second-order valence-electron chi connectivity index (χ2n) is 0.376. The average molecular weight is 103 g/mol. The maximum atomic E-state index is 7.80. The molecule has 4 heteroatoms. The highest BCUT2D eigenvalue weighted by atomic mass is 31.1. The number of rotatable bonds is 2. The summed E-state index contributed by atoms with van der Waals surface area (Å²) < 4.78 is 4.18. The zero-order valence-corrected chi connectivity index (χ0v) is 4.22. The third-order valence-electron chi connectivity index (χ3n) is 0.136. The summed E-state index contributed by atoms with van der Waals surface area (Å²) in [5.74, 6) is 0. The van der Waals surface area contributed by atoms with Crippen LogP contribution in [0, 0.1) is 0 Å². The van der Waals surface area contributed by atoms with Gasteiger partial charge in [0.1, 0.15) is 0 Å². The van der Waals surface area contributed by atoms with Crippen LogP contribution in [0.15, 0.2) is 12.8 Å². The Balaban J connectivity index is 0. The standard InChI is InChI=1S/C2H5O2P.B/c1-2-4-5-3;/h2-3,5H,1H2;. The lowest BCUT2D eigenvalue weighted by Crippen LogP contribution is -1.48. The quantitative estimate of drug-likeness (QED) is 0.308. The molecule has 2 nitrogen and oxygen atoms in total. The first-order chi connectivity index (χ1) is 2.41. The lowest BCUT2D eigenvalue weighted by Gasteiger charge is -1.82. The van der Waals surface area contributed by atoms with Crippen LogP contribution in [-0.4, -0.2) is 13.3 Å². The summed E-state index contributed by atoms with van der Waals surface area (Å²) >= 11 is 0. The minimum absolute atomic E-state index is 0. The number of hydrogen-bond acceptors (Lipinski definition) is 2. The Morgan fingerprint density at radius 1 is 1.83 bits per heavy atom. The van der Waals surface area contributed by atoms with Gasteiger partial charge in [-0.15, -0.1) is 0 Å². The molecule has 0 bridgehead atoms. The molecular weight excluding hydrogens is 97.8 g/mol. The Morgan fingerprint density at radius 3 is 2.33 bits per heavy atom. The predicted octanol–water partition coefficient (Wildman–Crippen LogP) is 0.267. The van der Waals surface area contributed by atoms with Gasteiger partial charge in [0, 0.05) is 8.41 Å². The molecule has 0 fully saturated rings. The molecule has 0 aromatic rings. The summed E-state index contributed by atoms with van der Waals surface area (Å²) in [6.45, 7) is 3.18. The zero-order valence-electron chi connectivity index (χ0n) is 3.22. The molecule has 0 aromatic carbocycles. The molecule has 1 unspecified atom stereocenters. The molecule has 0 rings (SSSR count). The highest BCUT2D eigenvalue weighted by Gasteiger charge is 1.58. The van der Waals surface area contributed by atoms with E-state index in [-0.39, 0.29) is 8.41 Å². The first-order valence-corrected chi connectivity index (χ1v) is 1.93. The van der Waals surface area contributed by atoms with E-state index in [4.69, 9.17) is 4.89 Å². The Hall–Kier alpha value is -0.00506. The van der Waals surface area contributed by atoms with Crippen molar-refractivity contribution in [2.75, 3.05) is 0 Å². The van der Waals surface area contributed by atoms with Crippen LogP contribution in [0.25, 0.3) is 0 Å². The normalized spacial score (nSPS) is 7.50. The molecule has 0 spiro atoms. The first kappa shape index (κ1) is 9.37. The fourth-order valence-electron chi connectivity index (χ4n) is 0.0373. The Kier molecular flexibility index (Phi) is 13.9. The van der Waals surface area contributed by atoms with Crippen LogP contribution in [0.1, 0.15) is 0 Å². The third kappa shape index (κ3) is 9.00. The van der Waals surface area contributed by atoms with Crippen LogP contribution in [0.3, 0.4) is 0 Å². The molecule has 0 saturated heterocycles. The monoisotopic (exact) mass is 103 g/mol. The topological polar surface area (TPSA) is 29.5 Å². The third-order valence-corrected chi connectivity index (χ3v) is 0.408. The molecule has 3 radical (unpaired) electrons. The van der Waals surface area contributed by atoms with E-state index < -0.39 is 9.03 Å². The SMILES string of the molecule is C=COPO.[B]. The van der Waals surface area contributed by atoms with Crippen molar-refractivity contribution < 1.29 is 9.42 Å². The summed E-state index contributed by atoms with van der Waals surface area (Å²) in [6, 6.07) is 0. The maximum Gasteiger partial charge on any atom is 0.211 e. The van der Waals surface area contributed by atoms with E-state index >= 15 is 0 Å². The average Bonchev–Trinajstić information content (AvgIpc) is 1.41. The summed E-state index contributed by atoms with van der Waals surface area (Å²) in [5.41, 5.74) is 0. The minimum Gasteiger partial charge on any atom is -0.458 e. The molecule has 0 aromatic heterocycles. The predicted molar refractivity (Wildman–Crippen MR) is 27.6 cm³/mol. The van der Waals surface area contributed by atoms with Crippen LogP contribution in [0.5, 0.6) is 0 Å². The molecule has 0 aliphatic rings. The van der Waals surface area contributed by atoms with Crippen LogP contribution >= 0.6 is 9.03 Å². The van der Waals surface area contributed by atoms with Crippen molar-refractivity contribution in [1.82, 2.24) is 0 Å². The minimum atomic E-state index is -0.460. The summed E-state index contributed by atoms with van der Waals surface area (Å²) in [5, 5.41) is 0. The summed E-state index contributed by atoms with van der Waals surface area (Å²) in [6.07, 6.45) is 1.19. The smallest absolute Gasteiger partial charge is 0.211 e. The second kappa shape index (κ2) is 8.89. The molecule has 0 heterocycles. The van der Waals surface area contributed by atoms with Gasteiger partial charge in [-0.1, -0.05) is 6.58 Å². The highest BCUT2D eigenvalue weighted by molar-refractivity contribution is 7.25. The lowest BCUT2D eigenvalue weighted by atomic mass is 10.8. The van der Waals surface area contributed by atoms with Crippen LogP contribution in [-0.2, 0) is 4.52 Å². The fourth-order valence-corrected chi connectivity index (χ4v) is 0.112. The molecule has 1 atom stereocenters. The van der Waals surface area contributed by atoms with Gasteiger partial charge in [0.15, 0.2) is 0 Å². The molecule has 1 N–H and O–H groups in total. The van der Waals surface area contributed by atoms with Gasteiger partial charge in [-0.05, 0) is 0 Å². The van der Waals surface area contributed by atoms with Crippen molar-refractivity contribution in [1.29, 1.82) is 0 Å². The van der Waals surface area contributed by atoms with Crippen LogP contribution < -0.4 is 0 Å². The van der Waals surface area contributed by atoms with Crippen molar-refractivity contribution in [3.05, 3.63) is 12.8 Å². The Labute approximate surface area is 40.7 Å². The molecule has 0 aliphatic carbocycles. The van der Waals surface area contributed by atoms with Gasteiger partial charge in [0.25, 0.3) is 0 Å². The van der Waals surface area contributed by atoms with Crippen molar-refractivity contribution in [2.24, 2.45) is 0 Å². The van der Waals surface area contributed by atoms with Crippen molar-refractivity contribution in [3.63, 3.8) is 0 Å². The van der Waals surface area contributed by atoms with E-state index in [0.717, 1.165) is 0 Å². The van der Waals surface area contributed by atoms with Gasteiger partial charge in [-0.2, -0.15) is 0 Å². The Bertz CT molecular complexity index is 32.7. The van der Waals surface area contributed by atoms with E-state index in [0.29, 0.717) is 0 Å². The van der Waals surface area contributed by atoms with Gasteiger partial charge in [-0.3, -0.25) is 0 Å². The number of hydrogen-bond donors (Lipinski definition) is 1. The van der Waals surface area contributed by atoms with Gasteiger partial charge >= 0.3 is 0 Å². The lowest BCUT2D eigenvalue weighted by molar-refractivity contribution is 0.466. The largest absolute Gasteiger partial charge is 0.458 e. The van der Waals surface area contributed by atoms with Crippen LogP contribution in [0.4, 0.5) is 0 Å². The molecule has 0 amide bonds. The van der Waals surface area contributed by atoms with E-state index in [2.05, 4.69) is 11.1 Å². The summed E-state index contributed by atoms with van der Waals surface area (Å²) in [7, 11) is -0.460. The molecular formula is C2H5BO2P. The highest BCUT2D eigenvalue weighted by Crippen LogP contribution is 2.00. The van der Waals surface area contributed by atoms with E-state index in [1.165, 1.54) is 6.26 Å². The Morgan fingerprint density at radius 2 is 2.33 bits per heavy atom. The summed E-state index contributed by atoms with van der Waals surface area (Å²) in [4.78, 5) is 7.80. The van der Waals surface area contributed by atoms with Gasteiger partial charge in [0.2, 0.25) is 9.03 Å². The molecule has 33 valence electrons. The van der Waals surface area contributed by atoms with Crippen molar-refractivity contribution in [2.45, 2.75) is 0 Å². The van der Waals surface area contributed by atoms with Crippen molar-refractivity contribution >= 4 is 17.4 Å². The van der Waals surface area contributed by atoms with Gasteiger partial charge in [0.05, 0.1) is 6.26 Å². The van der Waals surface area contributed by atoms with Crippen LogP contribution in [0.2, 0.25) is 0 Å². The van der Waals surface area contributed by atoms with E-state index in [1.807, 2.05) is 0 Å². The van der Waals surface area contributed by atoms with E-state index in [9.17, 15) is 0 Å². The molecule has 0 saturated carbocycles. The molecule has 0 aliphatic heterocycles. The molecule has 6 heavy (non-hydrogen) atoms. The first-order valence-electron chi connectivity index (χ1n) is 1.07. The maximum absolute atomic E-state index is 7.80.